The predicted molar refractivity (Wildman–Crippen MR) is 94.3 cm³/mol. The number of carbonyl (C=O) groups is 2. The van der Waals surface area contributed by atoms with Crippen molar-refractivity contribution < 1.29 is 9.59 Å². The van der Waals surface area contributed by atoms with Crippen LogP contribution in [0.1, 0.15) is 52.0 Å². The number of hydrogen-bond donors (Lipinski definition) is 1. The maximum Gasteiger partial charge on any atom is 0.225 e. The second-order valence-corrected chi connectivity index (χ2v) is 6.97. The van der Waals surface area contributed by atoms with Gasteiger partial charge in [-0.3, -0.25) is 9.59 Å². The fraction of sp³-hybridized carbons (Fsp3) is 0.316. The Morgan fingerprint density at radius 2 is 1.96 bits per heavy atom. The third-order valence-corrected chi connectivity index (χ3v) is 5.40. The summed E-state index contributed by atoms with van der Waals surface area (Å²) in [7, 11) is 0. The van der Waals surface area contributed by atoms with E-state index in [9.17, 15) is 14.9 Å². The molecular weight excluding hydrogens is 320 g/mol. The van der Waals surface area contributed by atoms with E-state index in [1.165, 1.54) is 16.2 Å². The van der Waals surface area contributed by atoms with Crippen LogP contribution in [-0.4, -0.2) is 11.7 Å². The summed E-state index contributed by atoms with van der Waals surface area (Å²) >= 11 is 1.52. The molecule has 1 aromatic carbocycles. The predicted octanol–water partition coefficient (Wildman–Crippen LogP) is 4.10. The van der Waals surface area contributed by atoms with Gasteiger partial charge in [0.15, 0.2) is 5.78 Å². The molecule has 0 saturated carbocycles. The Morgan fingerprint density at radius 3 is 2.71 bits per heavy atom. The van der Waals surface area contributed by atoms with Gasteiger partial charge in [0, 0.05) is 23.3 Å². The second-order valence-electron chi connectivity index (χ2n) is 5.86. The summed E-state index contributed by atoms with van der Waals surface area (Å²) in [5.41, 5.74) is 2.41. The van der Waals surface area contributed by atoms with E-state index in [0.29, 0.717) is 29.0 Å². The lowest BCUT2D eigenvalue weighted by Crippen LogP contribution is -2.12. The molecule has 0 atom stereocenters. The van der Waals surface area contributed by atoms with Crippen molar-refractivity contribution in [3.05, 3.63) is 51.9 Å². The standard InChI is InChI=1S/C19H18N2O2S/c20-12-15-14-8-4-10-17(14)24-19(15)21-18(23)11-5-9-16(22)13-6-2-1-3-7-13/h1-3,6-7H,4-5,8-11H2,(H,21,23). The van der Waals surface area contributed by atoms with Gasteiger partial charge in [-0.25, -0.2) is 0 Å². The topological polar surface area (TPSA) is 70.0 Å². The number of fused-ring (bicyclic) bond motifs is 1. The van der Waals surface area contributed by atoms with Crippen LogP contribution in [-0.2, 0) is 17.6 Å². The van der Waals surface area contributed by atoms with Gasteiger partial charge in [0.25, 0.3) is 0 Å². The number of nitriles is 1. The smallest absolute Gasteiger partial charge is 0.225 e. The van der Waals surface area contributed by atoms with Crippen LogP contribution in [0.15, 0.2) is 30.3 Å². The summed E-state index contributed by atoms with van der Waals surface area (Å²) in [6.45, 7) is 0. The van der Waals surface area contributed by atoms with Gasteiger partial charge in [-0.2, -0.15) is 5.26 Å². The first-order valence-electron chi connectivity index (χ1n) is 8.12. The number of hydrogen-bond acceptors (Lipinski definition) is 4. The lowest BCUT2D eigenvalue weighted by molar-refractivity contribution is -0.116. The molecule has 1 aliphatic rings. The zero-order valence-corrected chi connectivity index (χ0v) is 14.1. The number of nitrogens with zero attached hydrogens (tertiary/aromatic N) is 1. The molecule has 1 heterocycles. The Bertz CT molecular complexity index is 803. The number of thiophene rings is 1. The van der Waals surface area contributed by atoms with E-state index in [2.05, 4.69) is 11.4 Å². The van der Waals surface area contributed by atoms with Crippen LogP contribution in [0.5, 0.6) is 0 Å². The van der Waals surface area contributed by atoms with Gasteiger partial charge in [0.1, 0.15) is 11.1 Å². The fourth-order valence-corrected chi connectivity index (χ4v) is 4.23. The zero-order chi connectivity index (χ0) is 16.9. The highest BCUT2D eigenvalue weighted by molar-refractivity contribution is 7.16. The van der Waals surface area contributed by atoms with Crippen LogP contribution in [0.25, 0.3) is 0 Å². The minimum Gasteiger partial charge on any atom is -0.317 e. The molecule has 122 valence electrons. The highest BCUT2D eigenvalue weighted by Crippen LogP contribution is 2.38. The number of ketones is 1. The molecule has 24 heavy (non-hydrogen) atoms. The molecule has 0 fully saturated rings. The van der Waals surface area contributed by atoms with Gasteiger partial charge in [-0.15, -0.1) is 11.3 Å². The number of rotatable bonds is 6. The van der Waals surface area contributed by atoms with Crippen LogP contribution < -0.4 is 5.32 Å². The third kappa shape index (κ3) is 3.55. The average molecular weight is 338 g/mol. The van der Waals surface area contributed by atoms with Gasteiger partial charge in [-0.1, -0.05) is 30.3 Å². The molecule has 4 nitrogen and oxygen atoms in total. The number of aryl methyl sites for hydroxylation is 1. The lowest BCUT2D eigenvalue weighted by Gasteiger charge is -2.04. The first-order valence-corrected chi connectivity index (χ1v) is 8.93. The van der Waals surface area contributed by atoms with Gasteiger partial charge in [0.2, 0.25) is 5.91 Å². The maximum absolute atomic E-state index is 12.1. The summed E-state index contributed by atoms with van der Waals surface area (Å²) in [4.78, 5) is 25.3. The van der Waals surface area contributed by atoms with Gasteiger partial charge >= 0.3 is 0 Å². The van der Waals surface area contributed by atoms with E-state index in [1.807, 2.05) is 18.2 Å². The summed E-state index contributed by atoms with van der Waals surface area (Å²) < 4.78 is 0. The van der Waals surface area contributed by atoms with Crippen LogP contribution in [0.3, 0.4) is 0 Å². The quantitative estimate of drug-likeness (QED) is 0.806. The molecule has 1 aromatic heterocycles. The summed E-state index contributed by atoms with van der Waals surface area (Å²) in [6, 6.07) is 11.3. The van der Waals surface area contributed by atoms with Gasteiger partial charge in [0.05, 0.1) is 5.56 Å². The number of benzene rings is 1. The van der Waals surface area contributed by atoms with Crippen molar-refractivity contribution in [2.45, 2.75) is 38.5 Å². The molecule has 5 heteroatoms. The molecule has 2 aromatic rings. The van der Waals surface area contributed by atoms with Crippen LogP contribution in [0, 0.1) is 11.3 Å². The monoisotopic (exact) mass is 338 g/mol. The van der Waals surface area contributed by atoms with Gasteiger partial charge < -0.3 is 5.32 Å². The highest BCUT2D eigenvalue weighted by atomic mass is 32.1. The summed E-state index contributed by atoms with van der Waals surface area (Å²) in [5.74, 6) is -0.0801. The Kier molecular flexibility index (Phi) is 5.07. The first-order chi connectivity index (χ1) is 11.7. The molecule has 0 radical (unpaired) electrons. The molecule has 1 aliphatic carbocycles. The van der Waals surface area contributed by atoms with Crippen molar-refractivity contribution in [3.63, 3.8) is 0 Å². The molecule has 0 saturated heterocycles. The molecule has 3 rings (SSSR count). The van der Waals surface area contributed by atoms with E-state index < -0.39 is 0 Å². The van der Waals surface area contributed by atoms with E-state index in [1.54, 1.807) is 12.1 Å². The van der Waals surface area contributed by atoms with Crippen molar-refractivity contribution in [1.29, 1.82) is 5.26 Å². The summed E-state index contributed by atoms with van der Waals surface area (Å²) in [6.07, 6.45) is 4.15. The molecular formula is C19H18N2O2S. The minimum absolute atomic E-state index is 0.0520. The van der Waals surface area contributed by atoms with E-state index in [0.717, 1.165) is 24.8 Å². The molecule has 1 N–H and O–H groups in total. The van der Waals surface area contributed by atoms with Crippen molar-refractivity contribution in [2.24, 2.45) is 0 Å². The number of Topliss-reactive ketones (excluding diaryl/α,β-unsaturated/α-hetero) is 1. The Balaban J connectivity index is 1.52. The van der Waals surface area contributed by atoms with Crippen LogP contribution in [0.4, 0.5) is 5.00 Å². The Hall–Kier alpha value is -2.45. The largest absolute Gasteiger partial charge is 0.317 e. The van der Waals surface area contributed by atoms with E-state index in [-0.39, 0.29) is 18.1 Å². The number of anilines is 1. The average Bonchev–Trinajstić information content (AvgIpc) is 3.16. The molecule has 0 unspecified atom stereocenters. The number of carbonyl (C=O) groups excluding carboxylic acids is 2. The number of amides is 1. The zero-order valence-electron chi connectivity index (χ0n) is 13.3. The van der Waals surface area contributed by atoms with Crippen LogP contribution >= 0.6 is 11.3 Å². The second kappa shape index (κ2) is 7.41. The van der Waals surface area contributed by atoms with Gasteiger partial charge in [-0.05, 0) is 31.2 Å². The van der Waals surface area contributed by atoms with E-state index >= 15 is 0 Å². The Labute approximate surface area is 145 Å². The highest BCUT2D eigenvalue weighted by Gasteiger charge is 2.22. The van der Waals surface area contributed by atoms with E-state index in [4.69, 9.17) is 0 Å². The molecule has 1 amide bonds. The van der Waals surface area contributed by atoms with Crippen LogP contribution in [0.2, 0.25) is 0 Å². The number of nitrogens with one attached hydrogen (secondary N) is 1. The van der Waals surface area contributed by atoms with Crippen molar-refractivity contribution in [1.82, 2.24) is 0 Å². The van der Waals surface area contributed by atoms with Crippen molar-refractivity contribution in [3.8, 4) is 6.07 Å². The fourth-order valence-electron chi connectivity index (χ4n) is 2.98. The normalized spacial score (nSPS) is 12.5. The lowest BCUT2D eigenvalue weighted by atomic mass is 10.1. The van der Waals surface area contributed by atoms with Crippen molar-refractivity contribution >= 4 is 28.0 Å². The molecule has 0 bridgehead atoms. The van der Waals surface area contributed by atoms with Crippen molar-refractivity contribution in [2.75, 3.05) is 5.32 Å². The Morgan fingerprint density at radius 1 is 1.17 bits per heavy atom. The maximum atomic E-state index is 12.1. The minimum atomic E-state index is -0.132. The molecule has 0 aliphatic heterocycles. The first kappa shape index (κ1) is 16.4. The summed E-state index contributed by atoms with van der Waals surface area (Å²) in [5, 5.41) is 12.8. The molecule has 0 spiro atoms. The SMILES string of the molecule is N#Cc1c(NC(=O)CCCC(=O)c2ccccc2)sc2c1CCC2. The third-order valence-electron chi connectivity index (χ3n) is 4.19.